The largest absolute Gasteiger partial charge is 0.459 e. The molecule has 3 aromatic rings. The summed E-state index contributed by atoms with van der Waals surface area (Å²) in [6.07, 6.45) is 1.36. The van der Waals surface area contributed by atoms with Crippen LogP contribution in [0.1, 0.15) is 30.6 Å². The van der Waals surface area contributed by atoms with Crippen molar-refractivity contribution in [2.45, 2.75) is 0 Å². The molecule has 0 aliphatic carbocycles. The number of esters is 1. The summed E-state index contributed by atoms with van der Waals surface area (Å²) < 4.78 is 35.8. The third kappa shape index (κ3) is 4.45. The monoisotopic (exact) mass is 391 g/mol. The van der Waals surface area contributed by atoms with Crippen molar-refractivity contribution in [3.05, 3.63) is 76.6 Å². The number of ether oxygens (including phenoxy) is 1. The zero-order valence-electron chi connectivity index (χ0n) is 13.5. The predicted octanol–water partition coefficient (Wildman–Crippen LogP) is 3.91. The Balaban J connectivity index is 1.57. The molecule has 6 nitrogen and oxygen atoms in total. The first-order valence-electron chi connectivity index (χ1n) is 7.54. The number of ketones is 1. The molecule has 0 saturated heterocycles. The van der Waals surface area contributed by atoms with E-state index in [1.165, 1.54) is 24.5 Å². The van der Waals surface area contributed by atoms with E-state index in [1.807, 2.05) is 0 Å². The van der Waals surface area contributed by atoms with Crippen LogP contribution in [0.15, 0.2) is 53.1 Å². The third-order valence-electron chi connectivity index (χ3n) is 3.36. The Labute approximate surface area is 155 Å². The van der Waals surface area contributed by atoms with Crippen LogP contribution in [0.3, 0.4) is 0 Å². The van der Waals surface area contributed by atoms with Crippen molar-refractivity contribution in [3.63, 3.8) is 0 Å². The molecule has 1 aromatic carbocycles. The second-order valence-corrected chi connectivity index (χ2v) is 6.31. The Morgan fingerprint density at radius 2 is 1.89 bits per heavy atom. The quantitative estimate of drug-likeness (QED) is 0.509. The van der Waals surface area contributed by atoms with E-state index in [4.69, 9.17) is 9.15 Å². The van der Waals surface area contributed by atoms with E-state index in [0.717, 1.165) is 29.5 Å². The highest BCUT2D eigenvalue weighted by Gasteiger charge is 2.17. The Bertz CT molecular complexity index is 997. The van der Waals surface area contributed by atoms with Crippen molar-refractivity contribution >= 4 is 34.0 Å². The number of furan rings is 1. The fourth-order valence-corrected chi connectivity index (χ4v) is 2.85. The van der Waals surface area contributed by atoms with Gasteiger partial charge in [-0.1, -0.05) is 0 Å². The highest BCUT2D eigenvalue weighted by atomic mass is 32.1. The van der Waals surface area contributed by atoms with Crippen molar-refractivity contribution in [3.8, 4) is 0 Å². The van der Waals surface area contributed by atoms with Crippen LogP contribution in [0.5, 0.6) is 0 Å². The number of amides is 1. The first-order chi connectivity index (χ1) is 12.9. The lowest BCUT2D eigenvalue weighted by Crippen LogP contribution is -2.14. The van der Waals surface area contributed by atoms with Crippen molar-refractivity contribution in [1.29, 1.82) is 0 Å². The minimum absolute atomic E-state index is 0.112. The van der Waals surface area contributed by atoms with E-state index in [2.05, 4.69) is 5.32 Å². The number of carbonyl (C=O) groups is 3. The number of thiophene rings is 1. The summed E-state index contributed by atoms with van der Waals surface area (Å²) in [6.45, 7) is -0.629. The van der Waals surface area contributed by atoms with Crippen molar-refractivity contribution in [1.82, 2.24) is 0 Å². The molecule has 0 fully saturated rings. The van der Waals surface area contributed by atoms with Crippen LogP contribution in [0, 0.1) is 11.6 Å². The van der Waals surface area contributed by atoms with Gasteiger partial charge in [0.15, 0.2) is 29.8 Å². The smallest absolute Gasteiger partial charge is 0.348 e. The number of Topliss-reactive ketones (excluding diaryl/α,β-unsaturated/α-hetero) is 1. The average molecular weight is 391 g/mol. The van der Waals surface area contributed by atoms with Crippen LogP contribution >= 0.6 is 11.3 Å². The van der Waals surface area contributed by atoms with Gasteiger partial charge in [0, 0.05) is 5.56 Å². The zero-order valence-corrected chi connectivity index (χ0v) is 14.3. The highest BCUT2D eigenvalue weighted by molar-refractivity contribution is 7.18. The predicted molar refractivity (Wildman–Crippen MR) is 92.0 cm³/mol. The second kappa shape index (κ2) is 7.92. The van der Waals surface area contributed by atoms with Crippen molar-refractivity contribution in [2.75, 3.05) is 11.9 Å². The van der Waals surface area contributed by atoms with Crippen LogP contribution < -0.4 is 5.32 Å². The minimum Gasteiger partial charge on any atom is -0.459 e. The van der Waals surface area contributed by atoms with Gasteiger partial charge < -0.3 is 14.5 Å². The lowest BCUT2D eigenvalue weighted by molar-refractivity contribution is 0.0479. The maximum atomic E-state index is 13.1. The maximum absolute atomic E-state index is 13.1. The second-order valence-electron chi connectivity index (χ2n) is 5.22. The molecule has 1 amide bonds. The van der Waals surface area contributed by atoms with E-state index in [-0.39, 0.29) is 16.2 Å². The van der Waals surface area contributed by atoms with E-state index >= 15 is 0 Å². The van der Waals surface area contributed by atoms with E-state index in [9.17, 15) is 23.2 Å². The highest BCUT2D eigenvalue weighted by Crippen LogP contribution is 2.23. The number of nitrogens with one attached hydrogen (secondary N) is 1. The number of hydrogen-bond donors (Lipinski definition) is 1. The lowest BCUT2D eigenvalue weighted by atomic mass is 10.1. The Morgan fingerprint density at radius 3 is 2.59 bits per heavy atom. The number of anilines is 1. The van der Waals surface area contributed by atoms with Gasteiger partial charge in [0.2, 0.25) is 0 Å². The van der Waals surface area contributed by atoms with E-state index in [1.54, 1.807) is 6.07 Å². The molecule has 0 atom stereocenters. The Hall–Kier alpha value is -3.33. The lowest BCUT2D eigenvalue weighted by Gasteiger charge is -2.03. The molecule has 2 heterocycles. The molecule has 0 saturated carbocycles. The summed E-state index contributed by atoms with van der Waals surface area (Å²) in [6, 6.07) is 8.63. The molecule has 138 valence electrons. The van der Waals surface area contributed by atoms with Crippen LogP contribution in [0.4, 0.5) is 13.8 Å². The average Bonchev–Trinajstić information content (AvgIpc) is 3.33. The maximum Gasteiger partial charge on any atom is 0.348 e. The van der Waals surface area contributed by atoms with Crippen LogP contribution in [0.2, 0.25) is 0 Å². The van der Waals surface area contributed by atoms with Gasteiger partial charge in [-0.2, -0.15) is 0 Å². The van der Waals surface area contributed by atoms with Crippen molar-refractivity contribution < 1.29 is 32.3 Å². The van der Waals surface area contributed by atoms with Gasteiger partial charge in [-0.25, -0.2) is 13.6 Å². The summed E-state index contributed by atoms with van der Waals surface area (Å²) in [5, 5.41) is 2.94. The molecule has 27 heavy (non-hydrogen) atoms. The first-order valence-corrected chi connectivity index (χ1v) is 8.36. The topological polar surface area (TPSA) is 85.6 Å². The summed E-state index contributed by atoms with van der Waals surface area (Å²) in [5.74, 6) is -4.06. The summed E-state index contributed by atoms with van der Waals surface area (Å²) >= 11 is 0.949. The molecule has 0 unspecified atom stereocenters. The van der Waals surface area contributed by atoms with Gasteiger partial charge in [0.25, 0.3) is 5.91 Å². The standard InChI is InChI=1S/C18H11F2NO5S/c19-11-4-3-10(8-12(11)20)13(22)9-26-18(24)15-5-6-16(27-15)21-17(23)14-2-1-7-25-14/h1-8H,9H2,(H,21,23). The number of carbonyl (C=O) groups excluding carboxylic acids is 3. The Kier molecular flexibility index (Phi) is 5.41. The summed E-state index contributed by atoms with van der Waals surface area (Å²) in [4.78, 5) is 35.9. The summed E-state index contributed by atoms with van der Waals surface area (Å²) in [7, 11) is 0. The van der Waals surface area contributed by atoms with Gasteiger partial charge in [-0.3, -0.25) is 9.59 Å². The molecule has 0 spiro atoms. The Morgan fingerprint density at radius 1 is 1.07 bits per heavy atom. The molecular weight excluding hydrogens is 380 g/mol. The number of benzene rings is 1. The number of hydrogen-bond acceptors (Lipinski definition) is 6. The zero-order chi connectivity index (χ0) is 19.4. The minimum atomic E-state index is -1.16. The summed E-state index contributed by atoms with van der Waals surface area (Å²) in [5.41, 5.74) is -0.112. The number of rotatable bonds is 6. The molecule has 0 aliphatic heterocycles. The molecule has 9 heteroatoms. The fourth-order valence-electron chi connectivity index (χ4n) is 2.05. The third-order valence-corrected chi connectivity index (χ3v) is 4.35. The van der Waals surface area contributed by atoms with Crippen molar-refractivity contribution in [2.24, 2.45) is 0 Å². The molecule has 2 aromatic heterocycles. The van der Waals surface area contributed by atoms with Crippen LogP contribution in [-0.4, -0.2) is 24.3 Å². The molecule has 0 bridgehead atoms. The number of halogens is 2. The molecule has 1 N–H and O–H groups in total. The van der Waals surface area contributed by atoms with Gasteiger partial charge in [-0.05, 0) is 42.5 Å². The van der Waals surface area contributed by atoms with E-state index < -0.39 is 35.9 Å². The van der Waals surface area contributed by atoms with Gasteiger partial charge in [-0.15, -0.1) is 11.3 Å². The molecular formula is C18H11F2NO5S. The van der Waals surface area contributed by atoms with Crippen LogP contribution in [0.25, 0.3) is 0 Å². The van der Waals surface area contributed by atoms with Gasteiger partial charge in [0.1, 0.15) is 4.88 Å². The molecule has 3 rings (SSSR count). The molecule has 0 radical (unpaired) electrons. The van der Waals surface area contributed by atoms with Gasteiger partial charge >= 0.3 is 5.97 Å². The molecule has 0 aliphatic rings. The SMILES string of the molecule is O=C(COC(=O)c1ccc(NC(=O)c2ccco2)s1)c1ccc(F)c(F)c1. The fraction of sp³-hybridized carbons (Fsp3) is 0.0556. The van der Waals surface area contributed by atoms with E-state index in [0.29, 0.717) is 5.00 Å². The first kappa shape index (κ1) is 18.5. The normalized spacial score (nSPS) is 10.4. The van der Waals surface area contributed by atoms with Crippen LogP contribution in [-0.2, 0) is 4.74 Å². The van der Waals surface area contributed by atoms with Gasteiger partial charge in [0.05, 0.1) is 11.3 Å².